The smallest absolute Gasteiger partial charge is 0.369 e. The fourth-order valence-corrected chi connectivity index (χ4v) is 13.4. The number of anilines is 1. The molecule has 6 rings (SSSR count). The van der Waals surface area contributed by atoms with Crippen molar-refractivity contribution in [3.63, 3.8) is 0 Å². The molecule has 24 heteroatoms. The van der Waals surface area contributed by atoms with Gasteiger partial charge in [-0.05, 0) is 116 Å². The van der Waals surface area contributed by atoms with E-state index in [1.807, 2.05) is 39.8 Å². The van der Waals surface area contributed by atoms with Gasteiger partial charge in [0.15, 0.2) is 12.3 Å². The molecule has 78 heavy (non-hydrogen) atoms. The summed E-state index contributed by atoms with van der Waals surface area (Å²) in [4.78, 5) is 52.3. The van der Waals surface area contributed by atoms with Crippen molar-refractivity contribution >= 4 is 58.4 Å². The van der Waals surface area contributed by atoms with Gasteiger partial charge in [-0.3, -0.25) is 23.0 Å². The van der Waals surface area contributed by atoms with Crippen LogP contribution in [0.4, 0.5) is 11.4 Å². The highest BCUT2D eigenvalue weighted by Crippen LogP contribution is 2.68. The first-order chi connectivity index (χ1) is 35.7. The summed E-state index contributed by atoms with van der Waals surface area (Å²) >= 11 is 0. The van der Waals surface area contributed by atoms with E-state index < -0.39 is 70.2 Å². The van der Waals surface area contributed by atoms with E-state index in [1.54, 1.807) is 48.5 Å². The van der Waals surface area contributed by atoms with Gasteiger partial charge >= 0.3 is 15.2 Å². The first-order valence-electron chi connectivity index (χ1n) is 25.7. The van der Waals surface area contributed by atoms with Gasteiger partial charge in [0.25, 0.3) is 25.3 Å². The Morgan fingerprint density at radius 3 is 1.94 bits per heavy atom. The molecule has 3 aromatic rings. The number of hydrogen-bond donors (Lipinski definition) is 8. The minimum Gasteiger partial charge on any atom is -0.457 e. The number of amides is 1. The molecule has 1 aliphatic carbocycles. The van der Waals surface area contributed by atoms with Crippen molar-refractivity contribution < 1.29 is 82.8 Å². The molecule has 20 nitrogen and oxygen atoms in total. The number of rotatable bonds is 23. The summed E-state index contributed by atoms with van der Waals surface area (Å²) in [5.41, 5.74) is 6.13. The molecule has 8 N–H and O–H groups in total. The fraction of sp³-hybridized carbons (Fsp3) is 0.481. The quantitative estimate of drug-likeness (QED) is 0.0208. The van der Waals surface area contributed by atoms with Crippen LogP contribution >= 0.6 is 15.2 Å². The molecule has 1 amide bonds. The summed E-state index contributed by atoms with van der Waals surface area (Å²) in [7, 11) is -7.61. The minimum atomic E-state index is -5.68. The van der Waals surface area contributed by atoms with E-state index in [2.05, 4.69) is 69.2 Å². The van der Waals surface area contributed by atoms with Crippen LogP contribution in [0.5, 0.6) is 5.75 Å². The number of nitrogens with one attached hydrogen (secondary N) is 1. The van der Waals surface area contributed by atoms with E-state index in [9.17, 15) is 64.5 Å². The highest BCUT2D eigenvalue weighted by Gasteiger charge is 2.59. The van der Waals surface area contributed by atoms with Gasteiger partial charge in [0.05, 0.1) is 77.0 Å². The zero-order chi connectivity index (χ0) is 58.2. The first-order valence-corrected chi connectivity index (χ1v) is 31.8. The van der Waals surface area contributed by atoms with E-state index in [-0.39, 0.29) is 22.6 Å². The Labute approximate surface area is 459 Å². The fourth-order valence-electron chi connectivity index (χ4n) is 10.2. The van der Waals surface area contributed by atoms with E-state index in [1.165, 1.54) is 12.1 Å². The lowest BCUT2D eigenvalue weighted by Crippen LogP contribution is -2.37. The topological polar surface area (TPSA) is 289 Å². The van der Waals surface area contributed by atoms with E-state index >= 15 is 0 Å². The first kappa shape index (κ1) is 62.6. The summed E-state index contributed by atoms with van der Waals surface area (Å²) in [5.74, 6) is 0.496. The van der Waals surface area contributed by atoms with Gasteiger partial charge < -0.3 is 48.6 Å². The van der Waals surface area contributed by atoms with Crippen molar-refractivity contribution in [3.8, 4) is 5.75 Å². The van der Waals surface area contributed by atoms with Crippen molar-refractivity contribution in [2.24, 2.45) is 0 Å². The second kappa shape index (κ2) is 23.1. The summed E-state index contributed by atoms with van der Waals surface area (Å²) in [6, 6.07) is 16.5. The van der Waals surface area contributed by atoms with Crippen LogP contribution in [-0.2, 0) is 51.4 Å². The number of quaternary nitrogens is 2. The lowest BCUT2D eigenvalue weighted by molar-refractivity contribution is -0.871. The molecule has 428 valence electrons. The Morgan fingerprint density at radius 1 is 0.782 bits per heavy atom. The van der Waals surface area contributed by atoms with Crippen LogP contribution < -0.4 is 15.0 Å². The van der Waals surface area contributed by atoms with Gasteiger partial charge in [0, 0.05) is 66.9 Å². The van der Waals surface area contributed by atoms with Crippen LogP contribution in [0, 0.1) is 0 Å². The molecular formula is C54H78N5O15P2S2+3. The third kappa shape index (κ3) is 14.6. The molecule has 0 fully saturated rings. The van der Waals surface area contributed by atoms with Crippen molar-refractivity contribution in [1.29, 1.82) is 0 Å². The number of aryl methyl sites for hydroxylation is 1. The van der Waals surface area contributed by atoms with Crippen LogP contribution in [0.25, 0.3) is 0 Å². The average molecular weight is 1160 g/mol. The Bertz CT molecular complexity index is 3260. The Morgan fingerprint density at radius 2 is 1.36 bits per heavy atom. The molecule has 0 aromatic heterocycles. The number of aliphatic hydroxyl groups is 1. The third-order valence-electron chi connectivity index (χ3n) is 14.6. The zero-order valence-electron chi connectivity index (χ0n) is 46.2. The van der Waals surface area contributed by atoms with E-state index in [0.29, 0.717) is 37.4 Å². The highest BCUT2D eigenvalue weighted by atomic mass is 32.2. The molecule has 3 aliphatic rings. The van der Waals surface area contributed by atoms with Gasteiger partial charge in [0.2, 0.25) is 11.6 Å². The largest absolute Gasteiger partial charge is 0.457 e. The second-order valence-corrected chi connectivity index (χ2v) is 30.3. The van der Waals surface area contributed by atoms with Crippen LogP contribution in [0.1, 0.15) is 89.3 Å². The van der Waals surface area contributed by atoms with Crippen molar-refractivity contribution in [1.82, 2.24) is 5.32 Å². The summed E-state index contributed by atoms with van der Waals surface area (Å²) in [6.07, 6.45) is 10.9. The van der Waals surface area contributed by atoms with Crippen molar-refractivity contribution in [3.05, 3.63) is 124 Å². The average Bonchev–Trinajstić information content (AvgIpc) is 3.74. The number of fused-ring (bicyclic) bond motifs is 2. The molecular weight excluding hydrogens is 1080 g/mol. The molecule has 2 aliphatic heterocycles. The number of benzene rings is 3. The van der Waals surface area contributed by atoms with Gasteiger partial charge in [-0.15, -0.1) is 0 Å². The van der Waals surface area contributed by atoms with Crippen LogP contribution in [-0.4, -0.2) is 156 Å². The normalized spacial score (nSPS) is 18.3. The molecule has 0 saturated carbocycles. The van der Waals surface area contributed by atoms with Crippen molar-refractivity contribution in [2.45, 2.75) is 105 Å². The van der Waals surface area contributed by atoms with Crippen LogP contribution in [0.15, 0.2) is 117 Å². The van der Waals surface area contributed by atoms with E-state index in [4.69, 9.17) is 4.74 Å². The van der Waals surface area contributed by atoms with Crippen LogP contribution in [0.3, 0.4) is 0 Å². The number of carbonyl (C=O) groups excluding carboxylic acids is 1. The van der Waals surface area contributed by atoms with E-state index in [0.717, 1.165) is 91.9 Å². The molecule has 0 bridgehead atoms. The summed E-state index contributed by atoms with van der Waals surface area (Å²) in [6.45, 7) is 10.5. The molecule has 3 aromatic carbocycles. The summed E-state index contributed by atoms with van der Waals surface area (Å²) < 4.78 is 104. The second-order valence-electron chi connectivity index (χ2n) is 23.5. The number of ether oxygens (including phenoxy) is 1. The van der Waals surface area contributed by atoms with Crippen LogP contribution in [0.2, 0.25) is 0 Å². The number of carbonyl (C=O) groups is 1. The van der Waals surface area contributed by atoms with Gasteiger partial charge in [-0.1, -0.05) is 32.1 Å². The molecule has 0 unspecified atom stereocenters. The van der Waals surface area contributed by atoms with Gasteiger partial charge in [0.1, 0.15) is 11.5 Å². The van der Waals surface area contributed by atoms with Gasteiger partial charge in [-0.2, -0.15) is 21.4 Å². The van der Waals surface area contributed by atoms with Crippen molar-refractivity contribution in [2.75, 3.05) is 79.9 Å². The number of allylic oxidation sites excluding steroid dienone is 7. The molecule has 0 saturated heterocycles. The molecule has 0 atom stereocenters. The lowest BCUT2D eigenvalue weighted by atomic mass is 9.81. The monoisotopic (exact) mass is 1160 g/mol. The predicted molar refractivity (Wildman–Crippen MR) is 299 cm³/mol. The standard InChI is InChI=1S/C54H75N5O15P2S2/c1-52(2)44-36-42(77(68,69)70)23-25-46(44)56(32-12-34-58(5,6)7)48(52)27-19-39-14-11-15-40(20-28-49-53(3,4)45-37-43(78(71,72)73)24-26-47(45)57(49)33-13-35-59(8,9)10)51(39)74-41-21-16-38(17-22-41)18-29-50(60)55-31-30-54(61,75(62,63)64)76(65,66)67/h16-17,19-28,36-37,61H,11-15,18,29-35H2,1-10H3,(H4-3,55,60,62,63,64,65,66,67,68,69,70,71,72,73)/p+3. The maximum atomic E-state index is 12.8. The highest BCUT2D eigenvalue weighted by molar-refractivity contribution is 7.86. The summed E-state index contributed by atoms with van der Waals surface area (Å²) in [5, 5.41) is 8.88. The number of nitrogens with zero attached hydrogens (tertiary/aromatic N) is 4. The predicted octanol–water partition coefficient (Wildman–Crippen LogP) is 6.87. The SMILES string of the molecule is CC1(C)C(=CC=C2CCCC(C=CC3=[N+](CCC[N+](C)(C)C)c4ccc(S(=O)(=O)O)cc4C3(C)C)=C2Oc2ccc(CCC(=O)NCCC(O)(P(=O)(O)O)P(=O)(O)O)cc2)N(CCC[N+](C)(C)C)c2ccc(S(=O)(=O)O)cc21. The molecule has 0 spiro atoms. The maximum Gasteiger partial charge on any atom is 0.369 e. The molecule has 0 radical (unpaired) electrons. The zero-order valence-corrected chi connectivity index (χ0v) is 49.6. The Balaban J connectivity index is 1.40. The third-order valence-corrected chi connectivity index (χ3v) is 20.2. The minimum absolute atomic E-state index is 0.0989. The molecule has 2 heterocycles. The Kier molecular flexibility index (Phi) is 18.5. The maximum absolute atomic E-state index is 12.8. The Hall–Kier alpha value is -4.64. The lowest BCUT2D eigenvalue weighted by Gasteiger charge is -2.29. The number of hydrogen-bond acceptors (Lipinski definition) is 10. The van der Waals surface area contributed by atoms with Gasteiger partial charge in [-0.25, -0.2) is 0 Å².